The molecule has 0 saturated heterocycles. The highest BCUT2D eigenvalue weighted by Gasteiger charge is 2.18. The van der Waals surface area contributed by atoms with Crippen LogP contribution in [0.5, 0.6) is 0 Å². The van der Waals surface area contributed by atoms with Gasteiger partial charge in [0.05, 0.1) is 18.3 Å². The number of amides is 1. The number of carbonyl (C=O) groups is 1. The summed E-state index contributed by atoms with van der Waals surface area (Å²) < 4.78 is 1.55. The van der Waals surface area contributed by atoms with Crippen LogP contribution in [-0.2, 0) is 17.9 Å². The smallest absolute Gasteiger partial charge is 0.262 e. The van der Waals surface area contributed by atoms with E-state index in [9.17, 15) is 9.59 Å². The molecule has 31 heavy (non-hydrogen) atoms. The fraction of sp³-hybridized carbons (Fsp3) is 0.240. The van der Waals surface area contributed by atoms with Gasteiger partial charge < -0.3 is 4.90 Å². The number of hydrogen-bond donors (Lipinski definition) is 0. The molecule has 0 atom stereocenters. The number of nitrogens with zero attached hydrogens (tertiary/aromatic N) is 3. The van der Waals surface area contributed by atoms with Gasteiger partial charge in [-0.1, -0.05) is 48.0 Å². The fourth-order valence-corrected chi connectivity index (χ4v) is 4.58. The highest BCUT2D eigenvalue weighted by Crippen LogP contribution is 2.25. The number of benzene rings is 2. The average Bonchev–Trinajstić information content (AvgIpc) is 3.07. The molecule has 6 heteroatoms. The summed E-state index contributed by atoms with van der Waals surface area (Å²) in [5, 5.41) is 0.664. The van der Waals surface area contributed by atoms with Crippen LogP contribution in [0.2, 0.25) is 0 Å². The standard InChI is InChI=1S/C25H25N3O2S/c1-17-9-11-21(12-10-17)28(15-20-7-5-4-6-8-20)22(29)13-14-27-16-26-24-23(25(27)30)18(2)19(3)31-24/h4-12,16H,13-15H2,1-3H3. The van der Waals surface area contributed by atoms with Crippen LogP contribution in [0.15, 0.2) is 65.7 Å². The molecular formula is C25H25N3O2S. The molecule has 4 rings (SSSR count). The van der Waals surface area contributed by atoms with Gasteiger partial charge >= 0.3 is 0 Å². The number of fused-ring (bicyclic) bond motifs is 1. The van der Waals surface area contributed by atoms with Gasteiger partial charge in [-0.25, -0.2) is 4.98 Å². The first-order valence-electron chi connectivity index (χ1n) is 10.3. The summed E-state index contributed by atoms with van der Waals surface area (Å²) in [6.45, 7) is 6.75. The van der Waals surface area contributed by atoms with E-state index in [2.05, 4.69) is 4.98 Å². The third-order valence-electron chi connectivity index (χ3n) is 5.55. The van der Waals surface area contributed by atoms with E-state index in [0.717, 1.165) is 32.1 Å². The summed E-state index contributed by atoms with van der Waals surface area (Å²) in [6.07, 6.45) is 1.77. The van der Waals surface area contributed by atoms with E-state index in [4.69, 9.17) is 0 Å². The molecule has 4 aromatic rings. The van der Waals surface area contributed by atoms with Crippen LogP contribution in [0.4, 0.5) is 5.69 Å². The Morgan fingerprint density at radius 1 is 1.03 bits per heavy atom. The lowest BCUT2D eigenvalue weighted by Gasteiger charge is -2.23. The van der Waals surface area contributed by atoms with Crippen molar-refractivity contribution in [1.29, 1.82) is 0 Å². The van der Waals surface area contributed by atoms with Crippen molar-refractivity contribution in [3.8, 4) is 0 Å². The number of rotatable bonds is 6. The minimum Gasteiger partial charge on any atom is -0.308 e. The van der Waals surface area contributed by atoms with E-state index in [1.54, 1.807) is 15.8 Å². The summed E-state index contributed by atoms with van der Waals surface area (Å²) in [5.41, 5.74) is 3.95. The van der Waals surface area contributed by atoms with Crippen LogP contribution in [0.1, 0.15) is 28.0 Å². The average molecular weight is 432 g/mol. The first kappa shape index (κ1) is 21.0. The van der Waals surface area contributed by atoms with Crippen molar-refractivity contribution in [2.45, 2.75) is 40.3 Å². The van der Waals surface area contributed by atoms with Crippen LogP contribution in [0, 0.1) is 20.8 Å². The molecule has 0 aliphatic carbocycles. The Morgan fingerprint density at radius 3 is 2.45 bits per heavy atom. The Labute approximate surface area is 185 Å². The quantitative estimate of drug-likeness (QED) is 0.431. The number of aryl methyl sites for hydroxylation is 4. The second kappa shape index (κ2) is 8.86. The van der Waals surface area contributed by atoms with Crippen molar-refractivity contribution < 1.29 is 4.79 Å². The van der Waals surface area contributed by atoms with Crippen LogP contribution in [0.3, 0.4) is 0 Å². The summed E-state index contributed by atoms with van der Waals surface area (Å²) in [4.78, 5) is 34.3. The highest BCUT2D eigenvalue weighted by atomic mass is 32.1. The second-order valence-electron chi connectivity index (χ2n) is 7.76. The van der Waals surface area contributed by atoms with E-state index in [0.29, 0.717) is 18.5 Å². The van der Waals surface area contributed by atoms with E-state index < -0.39 is 0 Å². The highest BCUT2D eigenvalue weighted by molar-refractivity contribution is 7.18. The van der Waals surface area contributed by atoms with E-state index in [1.807, 2.05) is 75.4 Å². The van der Waals surface area contributed by atoms with Crippen LogP contribution >= 0.6 is 11.3 Å². The third-order valence-corrected chi connectivity index (χ3v) is 6.67. The topological polar surface area (TPSA) is 55.2 Å². The zero-order chi connectivity index (χ0) is 22.0. The Morgan fingerprint density at radius 2 is 1.74 bits per heavy atom. The summed E-state index contributed by atoms with van der Waals surface area (Å²) in [6, 6.07) is 17.9. The first-order valence-corrected chi connectivity index (χ1v) is 11.1. The molecule has 0 N–H and O–H groups in total. The molecule has 0 spiro atoms. The molecule has 158 valence electrons. The zero-order valence-corrected chi connectivity index (χ0v) is 18.8. The van der Waals surface area contributed by atoms with Gasteiger partial charge in [0.15, 0.2) is 0 Å². The lowest BCUT2D eigenvalue weighted by Crippen LogP contribution is -2.32. The number of hydrogen-bond acceptors (Lipinski definition) is 4. The van der Waals surface area contributed by atoms with Crippen LogP contribution < -0.4 is 10.5 Å². The monoisotopic (exact) mass is 431 g/mol. The predicted octanol–water partition coefficient (Wildman–Crippen LogP) is 5.01. The number of thiophene rings is 1. The molecule has 1 amide bonds. The van der Waals surface area contributed by atoms with Gasteiger partial charge in [-0.15, -0.1) is 11.3 Å². The van der Waals surface area contributed by atoms with Crippen LogP contribution in [0.25, 0.3) is 10.2 Å². The lowest BCUT2D eigenvalue weighted by molar-refractivity contribution is -0.119. The number of carbonyl (C=O) groups excluding carboxylic acids is 1. The number of anilines is 1. The largest absolute Gasteiger partial charge is 0.308 e. The molecule has 0 aliphatic heterocycles. The van der Waals surface area contributed by atoms with E-state index in [-0.39, 0.29) is 17.9 Å². The molecule has 0 bridgehead atoms. The Balaban J connectivity index is 1.58. The first-order chi connectivity index (χ1) is 14.9. The van der Waals surface area contributed by atoms with E-state index >= 15 is 0 Å². The molecule has 0 unspecified atom stereocenters. The Bertz CT molecular complexity index is 1270. The molecule has 0 aliphatic rings. The lowest BCUT2D eigenvalue weighted by atomic mass is 10.1. The van der Waals surface area contributed by atoms with Gasteiger partial charge in [-0.05, 0) is 44.0 Å². The van der Waals surface area contributed by atoms with Crippen LogP contribution in [-0.4, -0.2) is 15.5 Å². The number of aromatic nitrogens is 2. The Hall–Kier alpha value is -3.25. The minimum atomic E-state index is -0.0791. The zero-order valence-electron chi connectivity index (χ0n) is 18.0. The van der Waals surface area contributed by atoms with Gasteiger partial charge in [0.1, 0.15) is 4.83 Å². The fourth-order valence-electron chi connectivity index (χ4n) is 3.59. The molecule has 2 aromatic carbocycles. The maximum atomic E-state index is 13.2. The molecule has 5 nitrogen and oxygen atoms in total. The predicted molar refractivity (Wildman–Crippen MR) is 127 cm³/mol. The van der Waals surface area contributed by atoms with Crippen molar-refractivity contribution in [2.24, 2.45) is 0 Å². The molecule has 2 heterocycles. The third kappa shape index (κ3) is 4.44. The van der Waals surface area contributed by atoms with Gasteiger partial charge in [0.25, 0.3) is 5.56 Å². The van der Waals surface area contributed by atoms with Crippen molar-refractivity contribution in [1.82, 2.24) is 9.55 Å². The molecule has 0 fully saturated rings. The molecular weight excluding hydrogens is 406 g/mol. The summed E-state index contributed by atoms with van der Waals surface area (Å²) >= 11 is 1.53. The van der Waals surface area contributed by atoms with Crippen molar-refractivity contribution in [3.63, 3.8) is 0 Å². The minimum absolute atomic E-state index is 0.0297. The second-order valence-corrected chi connectivity index (χ2v) is 8.96. The van der Waals surface area contributed by atoms with Gasteiger partial charge in [-0.3, -0.25) is 14.2 Å². The molecule has 2 aromatic heterocycles. The molecule has 0 saturated carbocycles. The maximum absolute atomic E-state index is 13.2. The van der Waals surface area contributed by atoms with Gasteiger partial charge in [0.2, 0.25) is 5.91 Å². The normalized spacial score (nSPS) is 11.1. The van der Waals surface area contributed by atoms with Gasteiger partial charge in [0, 0.05) is 23.5 Å². The van der Waals surface area contributed by atoms with Gasteiger partial charge in [-0.2, -0.15) is 0 Å². The Kier molecular flexibility index (Phi) is 6.00. The van der Waals surface area contributed by atoms with E-state index in [1.165, 1.54) is 11.3 Å². The molecule has 0 radical (unpaired) electrons. The summed E-state index contributed by atoms with van der Waals surface area (Å²) in [7, 11) is 0. The van der Waals surface area contributed by atoms with Crippen molar-refractivity contribution >= 4 is 33.1 Å². The maximum Gasteiger partial charge on any atom is 0.262 e. The summed E-state index contributed by atoms with van der Waals surface area (Å²) in [5.74, 6) is -0.0297. The van der Waals surface area contributed by atoms with Crippen molar-refractivity contribution in [3.05, 3.63) is 92.8 Å². The SMILES string of the molecule is Cc1ccc(N(Cc2ccccc2)C(=O)CCn2cnc3sc(C)c(C)c3c2=O)cc1. The van der Waals surface area contributed by atoms with Crippen molar-refractivity contribution in [2.75, 3.05) is 4.90 Å².